The molecule has 2 aromatic carbocycles. The van der Waals surface area contributed by atoms with E-state index in [0.717, 1.165) is 28.6 Å². The van der Waals surface area contributed by atoms with Gasteiger partial charge in [0.25, 0.3) is 0 Å². The van der Waals surface area contributed by atoms with Gasteiger partial charge in [-0.25, -0.2) is 0 Å². The van der Waals surface area contributed by atoms with E-state index in [1.54, 1.807) is 0 Å². The third-order valence-corrected chi connectivity index (χ3v) is 3.62. The molecule has 0 aliphatic carbocycles. The lowest BCUT2D eigenvalue weighted by Crippen LogP contribution is -2.01. The van der Waals surface area contributed by atoms with E-state index in [1.165, 1.54) is 5.56 Å². The molecule has 2 aromatic rings. The van der Waals surface area contributed by atoms with Gasteiger partial charge in [0.15, 0.2) is 0 Å². The van der Waals surface area contributed by atoms with Gasteiger partial charge < -0.3 is 9.84 Å². The van der Waals surface area contributed by atoms with Crippen LogP contribution in [-0.2, 0) is 13.0 Å². The first-order valence-corrected chi connectivity index (χ1v) is 7.57. The molecule has 0 fully saturated rings. The molecule has 0 radical (unpaired) electrons. The lowest BCUT2D eigenvalue weighted by atomic mass is 10.1. The van der Waals surface area contributed by atoms with Crippen molar-refractivity contribution in [1.29, 1.82) is 0 Å². The van der Waals surface area contributed by atoms with Crippen LogP contribution in [0.4, 0.5) is 0 Å². The molecule has 0 amide bonds. The number of benzene rings is 2. The second-order valence-corrected chi connectivity index (χ2v) is 5.86. The molecule has 0 saturated carbocycles. The van der Waals surface area contributed by atoms with Crippen molar-refractivity contribution in [1.82, 2.24) is 0 Å². The number of aliphatic hydroxyl groups is 1. The maximum absolute atomic E-state index is 9.27. The van der Waals surface area contributed by atoms with Crippen LogP contribution in [0, 0.1) is 0 Å². The molecule has 1 atom stereocenters. The molecule has 0 heterocycles. The first-order chi connectivity index (χ1) is 9.63. The third kappa shape index (κ3) is 4.99. The van der Waals surface area contributed by atoms with Crippen molar-refractivity contribution in [2.24, 2.45) is 0 Å². The van der Waals surface area contributed by atoms with Gasteiger partial charge in [0.05, 0.1) is 6.10 Å². The van der Waals surface area contributed by atoms with Gasteiger partial charge in [-0.15, -0.1) is 0 Å². The number of halogens is 1. The minimum absolute atomic E-state index is 0.247. The summed E-state index contributed by atoms with van der Waals surface area (Å²) in [5.41, 5.74) is 2.37. The van der Waals surface area contributed by atoms with Crippen LogP contribution in [0.15, 0.2) is 53.0 Å². The van der Waals surface area contributed by atoms with Crippen LogP contribution in [0.5, 0.6) is 5.75 Å². The zero-order chi connectivity index (χ0) is 14.4. The van der Waals surface area contributed by atoms with Crippen molar-refractivity contribution in [2.45, 2.75) is 32.5 Å². The van der Waals surface area contributed by atoms with Crippen molar-refractivity contribution >= 4 is 15.9 Å². The van der Waals surface area contributed by atoms with Crippen molar-refractivity contribution < 1.29 is 9.84 Å². The average Bonchev–Trinajstić information content (AvgIpc) is 2.45. The van der Waals surface area contributed by atoms with E-state index in [-0.39, 0.29) is 6.10 Å². The molecule has 0 spiro atoms. The highest BCUT2D eigenvalue weighted by Gasteiger charge is 2.00. The van der Waals surface area contributed by atoms with Gasteiger partial charge in [-0.1, -0.05) is 40.2 Å². The molecule has 3 heteroatoms. The summed E-state index contributed by atoms with van der Waals surface area (Å²) in [6.45, 7) is 2.38. The normalized spacial score (nSPS) is 12.2. The molecule has 2 rings (SSSR count). The van der Waals surface area contributed by atoms with Gasteiger partial charge in [-0.05, 0) is 55.2 Å². The number of hydrogen-bond acceptors (Lipinski definition) is 2. The molecule has 106 valence electrons. The molecule has 20 heavy (non-hydrogen) atoms. The van der Waals surface area contributed by atoms with Crippen molar-refractivity contribution in [2.75, 3.05) is 0 Å². The summed E-state index contributed by atoms with van der Waals surface area (Å²) in [5.74, 6) is 0.869. The van der Waals surface area contributed by atoms with Gasteiger partial charge in [0, 0.05) is 4.47 Å². The lowest BCUT2D eigenvalue weighted by Gasteiger charge is -2.08. The quantitative estimate of drug-likeness (QED) is 0.851. The zero-order valence-electron chi connectivity index (χ0n) is 11.6. The largest absolute Gasteiger partial charge is 0.489 e. The Kier molecular flexibility index (Phi) is 5.62. The second-order valence-electron chi connectivity index (χ2n) is 4.95. The minimum Gasteiger partial charge on any atom is -0.489 e. The summed E-state index contributed by atoms with van der Waals surface area (Å²) in [6.07, 6.45) is 1.44. The Hall–Kier alpha value is -1.32. The van der Waals surface area contributed by atoms with Crippen molar-refractivity contribution in [3.05, 3.63) is 64.1 Å². The lowest BCUT2D eigenvalue weighted by molar-refractivity contribution is 0.185. The molecule has 0 aliphatic heterocycles. The smallest absolute Gasteiger partial charge is 0.119 e. The first kappa shape index (κ1) is 15.1. The van der Waals surface area contributed by atoms with Crippen LogP contribution in [0.25, 0.3) is 0 Å². The maximum Gasteiger partial charge on any atom is 0.119 e. The average molecular weight is 335 g/mol. The van der Waals surface area contributed by atoms with E-state index in [4.69, 9.17) is 4.74 Å². The number of rotatable bonds is 6. The Morgan fingerprint density at radius 3 is 2.20 bits per heavy atom. The van der Waals surface area contributed by atoms with E-state index in [9.17, 15) is 5.11 Å². The predicted molar refractivity (Wildman–Crippen MR) is 84.9 cm³/mol. The summed E-state index contributed by atoms with van der Waals surface area (Å²) in [6, 6.07) is 16.2. The van der Waals surface area contributed by atoms with E-state index < -0.39 is 0 Å². The monoisotopic (exact) mass is 334 g/mol. The Balaban J connectivity index is 1.85. The van der Waals surface area contributed by atoms with Crippen LogP contribution >= 0.6 is 15.9 Å². The van der Waals surface area contributed by atoms with Gasteiger partial charge in [-0.3, -0.25) is 0 Å². The van der Waals surface area contributed by atoms with E-state index >= 15 is 0 Å². The van der Waals surface area contributed by atoms with E-state index in [2.05, 4.69) is 28.1 Å². The van der Waals surface area contributed by atoms with Crippen LogP contribution in [-0.4, -0.2) is 11.2 Å². The highest BCUT2D eigenvalue weighted by atomic mass is 79.9. The van der Waals surface area contributed by atoms with Gasteiger partial charge in [-0.2, -0.15) is 0 Å². The summed E-state index contributed by atoms with van der Waals surface area (Å²) in [7, 11) is 0. The number of ether oxygens (including phenoxy) is 1. The molecule has 1 unspecified atom stereocenters. The Labute approximate surface area is 128 Å². The zero-order valence-corrected chi connectivity index (χ0v) is 13.1. The van der Waals surface area contributed by atoms with Crippen LogP contribution in [0.2, 0.25) is 0 Å². The third-order valence-electron chi connectivity index (χ3n) is 3.09. The Morgan fingerprint density at radius 2 is 1.60 bits per heavy atom. The van der Waals surface area contributed by atoms with E-state index in [0.29, 0.717) is 6.61 Å². The highest BCUT2D eigenvalue weighted by molar-refractivity contribution is 9.10. The fourth-order valence-corrected chi connectivity index (χ4v) is 2.14. The highest BCUT2D eigenvalue weighted by Crippen LogP contribution is 2.16. The van der Waals surface area contributed by atoms with Gasteiger partial charge >= 0.3 is 0 Å². The molecule has 1 N–H and O–H groups in total. The van der Waals surface area contributed by atoms with Crippen LogP contribution < -0.4 is 4.74 Å². The number of aryl methyl sites for hydroxylation is 1. The van der Waals surface area contributed by atoms with Gasteiger partial charge in [0.2, 0.25) is 0 Å². The molecule has 0 saturated heterocycles. The molecule has 0 bridgehead atoms. The molecular formula is C17H19BrO2. The fraction of sp³-hybridized carbons (Fsp3) is 0.294. The number of aliphatic hydroxyl groups excluding tert-OH is 1. The Bertz CT molecular complexity index is 518. The van der Waals surface area contributed by atoms with Crippen LogP contribution in [0.1, 0.15) is 24.5 Å². The first-order valence-electron chi connectivity index (χ1n) is 6.78. The molecule has 0 aromatic heterocycles. The molecule has 2 nitrogen and oxygen atoms in total. The van der Waals surface area contributed by atoms with Gasteiger partial charge in [0.1, 0.15) is 12.4 Å². The van der Waals surface area contributed by atoms with Crippen LogP contribution in [0.3, 0.4) is 0 Å². The minimum atomic E-state index is -0.247. The SMILES string of the molecule is CC(O)CCc1ccc(OCc2ccc(Br)cc2)cc1. The summed E-state index contributed by atoms with van der Waals surface area (Å²) >= 11 is 3.42. The number of hydrogen-bond donors (Lipinski definition) is 1. The van der Waals surface area contributed by atoms with Crippen molar-refractivity contribution in [3.8, 4) is 5.75 Å². The Morgan fingerprint density at radius 1 is 1.00 bits per heavy atom. The molecular weight excluding hydrogens is 316 g/mol. The fourth-order valence-electron chi connectivity index (χ4n) is 1.88. The summed E-state index contributed by atoms with van der Waals surface area (Å²) < 4.78 is 6.82. The topological polar surface area (TPSA) is 29.5 Å². The predicted octanol–water partition coefficient (Wildman–Crippen LogP) is 4.34. The summed E-state index contributed by atoms with van der Waals surface area (Å²) in [5, 5.41) is 9.27. The van der Waals surface area contributed by atoms with Crippen molar-refractivity contribution in [3.63, 3.8) is 0 Å². The molecule has 0 aliphatic rings. The summed E-state index contributed by atoms with van der Waals surface area (Å²) in [4.78, 5) is 0. The second kappa shape index (κ2) is 7.46. The van der Waals surface area contributed by atoms with E-state index in [1.807, 2.05) is 43.3 Å². The maximum atomic E-state index is 9.27. The standard InChI is InChI=1S/C17H19BrO2/c1-13(19)2-3-14-6-10-17(11-7-14)20-12-15-4-8-16(18)9-5-15/h4-11,13,19H,2-3,12H2,1H3.